The van der Waals surface area contributed by atoms with E-state index in [4.69, 9.17) is 11.6 Å². The molecule has 0 spiro atoms. The first-order valence-corrected chi connectivity index (χ1v) is 9.33. The summed E-state index contributed by atoms with van der Waals surface area (Å²) >= 11 is 5.86. The van der Waals surface area contributed by atoms with Gasteiger partial charge in [0, 0.05) is 18.1 Å². The van der Waals surface area contributed by atoms with Gasteiger partial charge in [-0.05, 0) is 48.9 Å². The fourth-order valence-corrected chi connectivity index (χ4v) is 3.07. The molecule has 0 aliphatic heterocycles. The van der Waals surface area contributed by atoms with E-state index in [1.165, 1.54) is 5.56 Å². The van der Waals surface area contributed by atoms with Gasteiger partial charge in [0.15, 0.2) is 0 Å². The topological polar surface area (TPSA) is 58.2 Å². The minimum Gasteiger partial charge on any atom is -0.355 e. The quantitative estimate of drug-likeness (QED) is 0.552. The van der Waals surface area contributed by atoms with Crippen LogP contribution in [0.15, 0.2) is 54.6 Å². The number of hydrogen-bond acceptors (Lipinski definition) is 2. The van der Waals surface area contributed by atoms with Gasteiger partial charge >= 0.3 is 0 Å². The molecular formula is C21H23ClN2O2. The average molecular weight is 371 g/mol. The van der Waals surface area contributed by atoms with E-state index in [0.29, 0.717) is 31.0 Å². The smallest absolute Gasteiger partial charge is 0.235 e. The van der Waals surface area contributed by atoms with Gasteiger partial charge < -0.3 is 10.6 Å². The van der Waals surface area contributed by atoms with Crippen molar-refractivity contribution in [3.63, 3.8) is 0 Å². The van der Waals surface area contributed by atoms with E-state index in [1.54, 1.807) is 12.1 Å². The number of nitrogens with one attached hydrogen (secondary N) is 2. The molecule has 5 heteroatoms. The number of benzene rings is 2. The first-order chi connectivity index (χ1) is 12.6. The lowest BCUT2D eigenvalue weighted by atomic mass is 10.0. The molecule has 0 radical (unpaired) electrons. The Morgan fingerprint density at radius 2 is 1.54 bits per heavy atom. The predicted octanol–water partition coefficient (Wildman–Crippen LogP) is 3.49. The Kier molecular flexibility index (Phi) is 5.94. The Morgan fingerprint density at radius 1 is 0.885 bits per heavy atom. The van der Waals surface area contributed by atoms with Crippen LogP contribution in [0.4, 0.5) is 0 Å². The fraction of sp³-hybridized carbons (Fsp3) is 0.333. The lowest BCUT2D eigenvalue weighted by Crippen LogP contribution is -2.43. The lowest BCUT2D eigenvalue weighted by molar-refractivity contribution is -0.137. The van der Waals surface area contributed by atoms with Gasteiger partial charge in [0.1, 0.15) is 5.41 Å². The third-order valence-corrected chi connectivity index (χ3v) is 5.01. The summed E-state index contributed by atoms with van der Waals surface area (Å²) in [5.74, 6) is -0.341. The van der Waals surface area contributed by atoms with Crippen LogP contribution >= 0.6 is 11.6 Å². The molecule has 1 saturated carbocycles. The van der Waals surface area contributed by atoms with E-state index in [-0.39, 0.29) is 11.8 Å². The second-order valence-electron chi connectivity index (χ2n) is 6.74. The van der Waals surface area contributed by atoms with Crippen molar-refractivity contribution in [2.75, 3.05) is 6.54 Å². The van der Waals surface area contributed by atoms with Crippen molar-refractivity contribution in [2.24, 2.45) is 5.41 Å². The molecular weight excluding hydrogens is 348 g/mol. The largest absolute Gasteiger partial charge is 0.355 e. The molecule has 136 valence electrons. The summed E-state index contributed by atoms with van der Waals surface area (Å²) in [6, 6.07) is 17.5. The normalized spacial score (nSPS) is 14.5. The van der Waals surface area contributed by atoms with Crippen molar-refractivity contribution >= 4 is 23.4 Å². The van der Waals surface area contributed by atoms with E-state index in [2.05, 4.69) is 22.8 Å². The molecule has 4 nitrogen and oxygen atoms in total. The fourth-order valence-electron chi connectivity index (χ4n) is 2.94. The van der Waals surface area contributed by atoms with Gasteiger partial charge in [-0.15, -0.1) is 0 Å². The Balaban J connectivity index is 1.42. The highest BCUT2D eigenvalue weighted by molar-refractivity contribution is 6.30. The Hall–Kier alpha value is -2.33. The third kappa shape index (κ3) is 4.64. The third-order valence-electron chi connectivity index (χ3n) is 4.76. The first kappa shape index (κ1) is 18.5. The molecule has 0 atom stereocenters. The molecule has 1 fully saturated rings. The maximum absolute atomic E-state index is 12.5. The van der Waals surface area contributed by atoms with E-state index in [0.717, 1.165) is 18.4 Å². The van der Waals surface area contributed by atoms with E-state index < -0.39 is 5.41 Å². The molecule has 0 aromatic heterocycles. The van der Waals surface area contributed by atoms with Crippen LogP contribution in [0.1, 0.15) is 30.4 Å². The van der Waals surface area contributed by atoms with Gasteiger partial charge in [0.25, 0.3) is 0 Å². The molecule has 1 aliphatic carbocycles. The van der Waals surface area contributed by atoms with Crippen LogP contribution in [0.2, 0.25) is 5.02 Å². The number of carbonyl (C=O) groups excluding carboxylic acids is 2. The molecule has 0 saturated heterocycles. The summed E-state index contributed by atoms with van der Waals surface area (Å²) < 4.78 is 0. The van der Waals surface area contributed by atoms with Gasteiger partial charge in [0.05, 0.1) is 0 Å². The number of amides is 2. The molecule has 0 heterocycles. The van der Waals surface area contributed by atoms with Crippen LogP contribution in [-0.4, -0.2) is 18.4 Å². The van der Waals surface area contributed by atoms with Gasteiger partial charge in [-0.2, -0.15) is 0 Å². The number of halogens is 1. The number of carbonyl (C=O) groups is 2. The predicted molar refractivity (Wildman–Crippen MR) is 103 cm³/mol. The molecule has 2 N–H and O–H groups in total. The van der Waals surface area contributed by atoms with Crippen LogP contribution in [0.25, 0.3) is 0 Å². The number of hydrogen-bond donors (Lipinski definition) is 2. The van der Waals surface area contributed by atoms with Gasteiger partial charge in [-0.3, -0.25) is 9.59 Å². The van der Waals surface area contributed by atoms with Crippen LogP contribution in [0, 0.1) is 5.41 Å². The summed E-state index contributed by atoms with van der Waals surface area (Å²) in [4.78, 5) is 24.9. The molecule has 3 rings (SSSR count). The Bertz CT molecular complexity index is 755. The summed E-state index contributed by atoms with van der Waals surface area (Å²) in [5, 5.41) is 6.46. The van der Waals surface area contributed by atoms with Crippen molar-refractivity contribution < 1.29 is 9.59 Å². The molecule has 2 amide bonds. The van der Waals surface area contributed by atoms with Crippen LogP contribution in [0.5, 0.6) is 0 Å². The minimum atomic E-state index is -0.876. The highest BCUT2D eigenvalue weighted by Gasteiger charge is 2.56. The second kappa shape index (κ2) is 8.37. The summed E-state index contributed by atoms with van der Waals surface area (Å²) in [5.41, 5.74) is 1.34. The molecule has 2 aromatic rings. The summed E-state index contributed by atoms with van der Waals surface area (Å²) in [7, 11) is 0. The second-order valence-corrected chi connectivity index (χ2v) is 7.17. The Labute approximate surface area is 158 Å². The number of aryl methyl sites for hydroxylation is 1. The zero-order chi connectivity index (χ0) is 18.4. The van der Waals surface area contributed by atoms with Crippen molar-refractivity contribution in [1.82, 2.24) is 10.6 Å². The zero-order valence-corrected chi connectivity index (χ0v) is 15.4. The maximum atomic E-state index is 12.5. The summed E-state index contributed by atoms with van der Waals surface area (Å²) in [6.07, 6.45) is 3.00. The van der Waals surface area contributed by atoms with Crippen molar-refractivity contribution in [3.05, 3.63) is 70.7 Å². The van der Waals surface area contributed by atoms with E-state index in [1.807, 2.05) is 30.3 Å². The van der Waals surface area contributed by atoms with Gasteiger partial charge in [-0.1, -0.05) is 54.1 Å². The lowest BCUT2D eigenvalue weighted by Gasteiger charge is -2.15. The van der Waals surface area contributed by atoms with Crippen LogP contribution < -0.4 is 10.6 Å². The number of rotatable bonds is 8. The molecule has 0 unspecified atom stereocenters. The highest BCUT2D eigenvalue weighted by Crippen LogP contribution is 2.46. The minimum absolute atomic E-state index is 0.154. The van der Waals surface area contributed by atoms with Crippen LogP contribution in [-0.2, 0) is 22.6 Å². The Morgan fingerprint density at radius 3 is 2.19 bits per heavy atom. The van der Waals surface area contributed by atoms with Gasteiger partial charge in [0.2, 0.25) is 11.8 Å². The van der Waals surface area contributed by atoms with Crippen molar-refractivity contribution in [2.45, 2.75) is 32.2 Å². The molecule has 2 aromatic carbocycles. The van der Waals surface area contributed by atoms with Crippen LogP contribution in [0.3, 0.4) is 0 Å². The average Bonchev–Trinajstić information content (AvgIpc) is 3.47. The van der Waals surface area contributed by atoms with Gasteiger partial charge in [-0.25, -0.2) is 0 Å². The molecule has 26 heavy (non-hydrogen) atoms. The molecule has 1 aliphatic rings. The van der Waals surface area contributed by atoms with E-state index >= 15 is 0 Å². The monoisotopic (exact) mass is 370 g/mol. The van der Waals surface area contributed by atoms with Crippen molar-refractivity contribution in [3.8, 4) is 0 Å². The maximum Gasteiger partial charge on any atom is 0.235 e. The highest BCUT2D eigenvalue weighted by atomic mass is 35.5. The molecule has 0 bridgehead atoms. The van der Waals surface area contributed by atoms with E-state index in [9.17, 15) is 9.59 Å². The van der Waals surface area contributed by atoms with Crippen molar-refractivity contribution in [1.29, 1.82) is 0 Å². The SMILES string of the molecule is O=C(NCCCc1ccccc1)C1(C(=O)NCc2ccc(Cl)cc2)CC1. The zero-order valence-electron chi connectivity index (χ0n) is 14.6. The standard InChI is InChI=1S/C21H23ClN2O2/c22-18-10-8-17(9-11-18)15-24-20(26)21(12-13-21)19(25)23-14-4-7-16-5-2-1-3-6-16/h1-3,5-6,8-11H,4,7,12-15H2,(H,23,25)(H,24,26). The summed E-state index contributed by atoms with van der Waals surface area (Å²) in [6.45, 7) is 0.985. The first-order valence-electron chi connectivity index (χ1n) is 8.95.